The van der Waals surface area contributed by atoms with Gasteiger partial charge in [-0.2, -0.15) is 0 Å². The minimum atomic E-state index is -3.67. The monoisotopic (exact) mass is 346 g/mol. The van der Waals surface area contributed by atoms with Crippen molar-refractivity contribution in [1.29, 1.82) is 0 Å². The molecule has 114 valence electrons. The van der Waals surface area contributed by atoms with E-state index >= 15 is 0 Å². The third-order valence-electron chi connectivity index (χ3n) is 2.87. The molecular formula is C13H15ClN2O3S2. The summed E-state index contributed by atoms with van der Waals surface area (Å²) < 4.78 is 33.0. The molecule has 5 nitrogen and oxygen atoms in total. The summed E-state index contributed by atoms with van der Waals surface area (Å²) in [6.45, 7) is 1.76. The van der Waals surface area contributed by atoms with Crippen molar-refractivity contribution in [3.8, 4) is 5.75 Å². The molecule has 0 aliphatic carbocycles. The summed E-state index contributed by atoms with van der Waals surface area (Å²) in [7, 11) is -2.23. The maximum Gasteiger partial charge on any atom is 0.241 e. The zero-order valence-corrected chi connectivity index (χ0v) is 13.8. The third kappa shape index (κ3) is 3.68. The molecule has 1 aromatic heterocycles. The molecule has 1 atom stereocenters. The lowest BCUT2D eigenvalue weighted by Crippen LogP contribution is -2.26. The molecule has 0 fully saturated rings. The Bertz CT molecular complexity index is 744. The maximum absolute atomic E-state index is 12.4. The van der Waals surface area contributed by atoms with Crippen LogP contribution in [0.4, 0.5) is 5.69 Å². The Labute approximate surface area is 132 Å². The van der Waals surface area contributed by atoms with Gasteiger partial charge in [0.25, 0.3) is 0 Å². The molecule has 0 radical (unpaired) electrons. The van der Waals surface area contributed by atoms with E-state index in [-0.39, 0.29) is 10.9 Å². The van der Waals surface area contributed by atoms with Gasteiger partial charge in [-0.3, -0.25) is 0 Å². The minimum absolute atomic E-state index is 0.100. The van der Waals surface area contributed by atoms with E-state index in [2.05, 4.69) is 4.72 Å². The zero-order chi connectivity index (χ0) is 15.6. The summed E-state index contributed by atoms with van der Waals surface area (Å²) in [6.07, 6.45) is 0. The molecule has 0 spiro atoms. The van der Waals surface area contributed by atoms with Gasteiger partial charge in [-0.05, 0) is 31.2 Å². The Morgan fingerprint density at radius 3 is 2.62 bits per heavy atom. The SMILES string of the molecule is COc1cc(S(=O)(=O)NC(C)c2ccc(Cl)s2)ccc1N. The second-order valence-electron chi connectivity index (χ2n) is 4.39. The molecule has 0 saturated heterocycles. The summed E-state index contributed by atoms with van der Waals surface area (Å²) >= 11 is 7.20. The van der Waals surface area contributed by atoms with E-state index in [1.807, 2.05) is 0 Å². The fraction of sp³-hybridized carbons (Fsp3) is 0.231. The van der Waals surface area contributed by atoms with E-state index in [9.17, 15) is 8.42 Å². The number of thiophene rings is 1. The topological polar surface area (TPSA) is 81.4 Å². The molecule has 0 amide bonds. The van der Waals surface area contributed by atoms with Gasteiger partial charge in [0.1, 0.15) is 5.75 Å². The van der Waals surface area contributed by atoms with Crippen molar-refractivity contribution in [3.05, 3.63) is 39.5 Å². The van der Waals surface area contributed by atoms with Gasteiger partial charge < -0.3 is 10.5 Å². The lowest BCUT2D eigenvalue weighted by Gasteiger charge is -2.14. The second-order valence-corrected chi connectivity index (χ2v) is 7.85. The van der Waals surface area contributed by atoms with Gasteiger partial charge in [-0.1, -0.05) is 11.6 Å². The summed E-state index contributed by atoms with van der Waals surface area (Å²) in [5.41, 5.74) is 6.07. The number of nitrogens with one attached hydrogen (secondary N) is 1. The van der Waals surface area contributed by atoms with Crippen LogP contribution in [-0.4, -0.2) is 15.5 Å². The van der Waals surface area contributed by atoms with E-state index in [1.165, 1.54) is 36.6 Å². The smallest absolute Gasteiger partial charge is 0.241 e. The number of nitrogen functional groups attached to an aromatic ring is 1. The third-order valence-corrected chi connectivity index (χ3v) is 5.82. The lowest BCUT2D eigenvalue weighted by molar-refractivity contribution is 0.415. The van der Waals surface area contributed by atoms with Crippen LogP contribution in [0.25, 0.3) is 0 Å². The predicted molar refractivity (Wildman–Crippen MR) is 85.5 cm³/mol. The number of sulfonamides is 1. The van der Waals surface area contributed by atoms with Crippen molar-refractivity contribution >= 4 is 38.6 Å². The van der Waals surface area contributed by atoms with Crippen LogP contribution in [0.15, 0.2) is 35.2 Å². The average Bonchev–Trinajstić information content (AvgIpc) is 2.85. The highest BCUT2D eigenvalue weighted by molar-refractivity contribution is 7.89. The van der Waals surface area contributed by atoms with E-state index in [0.717, 1.165) is 4.88 Å². The predicted octanol–water partition coefficient (Wildman–Crippen LogP) is 3.03. The molecule has 2 rings (SSSR count). The van der Waals surface area contributed by atoms with E-state index in [0.29, 0.717) is 15.8 Å². The normalized spacial score (nSPS) is 13.1. The van der Waals surface area contributed by atoms with Gasteiger partial charge in [0, 0.05) is 10.9 Å². The molecule has 2 aromatic rings. The highest BCUT2D eigenvalue weighted by Gasteiger charge is 2.20. The number of hydrogen-bond donors (Lipinski definition) is 2. The maximum atomic E-state index is 12.4. The Morgan fingerprint density at radius 2 is 2.05 bits per heavy atom. The Kier molecular flexibility index (Phi) is 4.77. The van der Waals surface area contributed by atoms with Crippen molar-refractivity contribution in [2.45, 2.75) is 17.9 Å². The van der Waals surface area contributed by atoms with Gasteiger partial charge in [0.05, 0.1) is 28.1 Å². The minimum Gasteiger partial charge on any atom is -0.495 e. The van der Waals surface area contributed by atoms with Crippen LogP contribution in [0.1, 0.15) is 17.8 Å². The number of methoxy groups -OCH3 is 1. The molecule has 8 heteroatoms. The Hall–Kier alpha value is -1.28. The number of rotatable bonds is 5. The van der Waals surface area contributed by atoms with Gasteiger partial charge >= 0.3 is 0 Å². The average molecular weight is 347 g/mol. The fourth-order valence-corrected chi connectivity index (χ4v) is 4.15. The van der Waals surface area contributed by atoms with Gasteiger partial charge in [0.15, 0.2) is 0 Å². The first-order valence-corrected chi connectivity index (χ1v) is 8.72. The standard InChI is InChI=1S/C13H15ClN2O3S2/c1-8(12-5-6-13(14)20-12)16-21(17,18)9-3-4-10(15)11(7-9)19-2/h3-8,16H,15H2,1-2H3. The van der Waals surface area contributed by atoms with Crippen LogP contribution >= 0.6 is 22.9 Å². The highest BCUT2D eigenvalue weighted by atomic mass is 35.5. The highest BCUT2D eigenvalue weighted by Crippen LogP contribution is 2.29. The van der Waals surface area contributed by atoms with Crippen LogP contribution in [0.2, 0.25) is 4.34 Å². The number of anilines is 1. The van der Waals surface area contributed by atoms with Crippen LogP contribution in [0, 0.1) is 0 Å². The first-order valence-electron chi connectivity index (χ1n) is 6.04. The number of halogens is 1. The molecule has 1 unspecified atom stereocenters. The largest absolute Gasteiger partial charge is 0.495 e. The van der Waals surface area contributed by atoms with Crippen molar-refractivity contribution < 1.29 is 13.2 Å². The Balaban J connectivity index is 2.26. The van der Waals surface area contributed by atoms with Crippen LogP contribution < -0.4 is 15.2 Å². The van der Waals surface area contributed by atoms with E-state index < -0.39 is 10.0 Å². The van der Waals surface area contributed by atoms with Crippen molar-refractivity contribution in [3.63, 3.8) is 0 Å². The van der Waals surface area contributed by atoms with Gasteiger partial charge in [-0.15, -0.1) is 11.3 Å². The van der Waals surface area contributed by atoms with Crippen molar-refractivity contribution in [2.75, 3.05) is 12.8 Å². The molecule has 21 heavy (non-hydrogen) atoms. The van der Waals surface area contributed by atoms with Crippen molar-refractivity contribution in [2.24, 2.45) is 0 Å². The summed E-state index contributed by atoms with van der Waals surface area (Å²) in [5, 5.41) is 0. The zero-order valence-electron chi connectivity index (χ0n) is 11.5. The number of benzene rings is 1. The van der Waals surface area contributed by atoms with E-state index in [4.69, 9.17) is 22.1 Å². The lowest BCUT2D eigenvalue weighted by atomic mass is 10.3. The number of nitrogens with two attached hydrogens (primary N) is 1. The van der Waals surface area contributed by atoms with Gasteiger partial charge in [-0.25, -0.2) is 13.1 Å². The molecular weight excluding hydrogens is 332 g/mol. The molecule has 0 saturated carbocycles. The van der Waals surface area contributed by atoms with Crippen LogP contribution in [0.3, 0.4) is 0 Å². The molecule has 0 aliphatic rings. The summed E-state index contributed by atoms with van der Waals surface area (Å²) in [5.74, 6) is 0.324. The quantitative estimate of drug-likeness (QED) is 0.815. The van der Waals surface area contributed by atoms with Gasteiger partial charge in [0.2, 0.25) is 10.0 Å². The summed E-state index contributed by atoms with van der Waals surface area (Å²) in [6, 6.07) is 7.48. The number of hydrogen-bond acceptors (Lipinski definition) is 5. The van der Waals surface area contributed by atoms with Crippen molar-refractivity contribution in [1.82, 2.24) is 4.72 Å². The first kappa shape index (κ1) is 16.1. The molecule has 3 N–H and O–H groups in total. The molecule has 1 aromatic carbocycles. The van der Waals surface area contributed by atoms with Crippen LogP contribution in [0.5, 0.6) is 5.75 Å². The Morgan fingerprint density at radius 1 is 1.33 bits per heavy atom. The summed E-state index contributed by atoms with van der Waals surface area (Å²) in [4.78, 5) is 0.939. The van der Waals surface area contributed by atoms with Crippen LogP contribution in [-0.2, 0) is 10.0 Å². The second kappa shape index (κ2) is 6.23. The molecule has 0 aliphatic heterocycles. The van der Waals surface area contributed by atoms with E-state index in [1.54, 1.807) is 19.1 Å². The fourth-order valence-electron chi connectivity index (χ4n) is 1.78. The molecule has 1 heterocycles. The number of ether oxygens (including phenoxy) is 1. The molecule has 0 bridgehead atoms. The first-order chi connectivity index (χ1) is 9.83.